The molecule has 0 saturated carbocycles. The van der Waals surface area contributed by atoms with E-state index in [1.807, 2.05) is 12.1 Å². The summed E-state index contributed by atoms with van der Waals surface area (Å²) in [4.78, 5) is 0. The first-order valence-corrected chi connectivity index (χ1v) is 3.84. The van der Waals surface area contributed by atoms with Crippen molar-refractivity contribution in [1.82, 2.24) is 0 Å². The van der Waals surface area contributed by atoms with Crippen LogP contribution in [-0.2, 0) is 6.42 Å². The van der Waals surface area contributed by atoms with E-state index < -0.39 is 0 Å². The predicted molar refractivity (Wildman–Crippen MR) is 48.1 cm³/mol. The number of benzene rings is 1. The molecule has 58 valence electrons. The standard InChI is InChI=1S/C10H13N/c11-9-5-4-8-10-6-2-1-3-7-10/h1-3,5-7,9H,4,8,11H2. The van der Waals surface area contributed by atoms with Crippen molar-refractivity contribution in [2.75, 3.05) is 0 Å². The van der Waals surface area contributed by atoms with E-state index in [4.69, 9.17) is 5.73 Å². The molecule has 0 aliphatic carbocycles. The second-order valence-electron chi connectivity index (χ2n) is 2.45. The van der Waals surface area contributed by atoms with Gasteiger partial charge in [0.15, 0.2) is 0 Å². The molecule has 1 aromatic rings. The van der Waals surface area contributed by atoms with Crippen LogP contribution in [0.5, 0.6) is 0 Å². The molecule has 2 N–H and O–H groups in total. The molecular formula is C10H13N. The van der Waals surface area contributed by atoms with Crippen molar-refractivity contribution in [1.29, 1.82) is 0 Å². The highest BCUT2D eigenvalue weighted by atomic mass is 14.5. The second-order valence-corrected chi connectivity index (χ2v) is 2.45. The number of allylic oxidation sites excluding steroid dienone is 1. The monoisotopic (exact) mass is 147 g/mol. The maximum atomic E-state index is 5.21. The number of hydrogen-bond acceptors (Lipinski definition) is 1. The van der Waals surface area contributed by atoms with Gasteiger partial charge in [-0.05, 0) is 24.6 Å². The zero-order valence-electron chi connectivity index (χ0n) is 6.53. The number of hydrogen-bond donors (Lipinski definition) is 1. The molecular weight excluding hydrogens is 134 g/mol. The normalized spacial score (nSPS) is 10.5. The summed E-state index contributed by atoms with van der Waals surface area (Å²) in [5.41, 5.74) is 6.58. The van der Waals surface area contributed by atoms with Gasteiger partial charge >= 0.3 is 0 Å². The minimum atomic E-state index is 1.03. The Labute approximate surface area is 67.5 Å². The Bertz CT molecular complexity index is 214. The minimum absolute atomic E-state index is 1.03. The summed E-state index contributed by atoms with van der Waals surface area (Å²) < 4.78 is 0. The Kier molecular flexibility index (Phi) is 3.26. The summed E-state index contributed by atoms with van der Waals surface area (Å²) in [7, 11) is 0. The van der Waals surface area contributed by atoms with Crippen molar-refractivity contribution in [3.63, 3.8) is 0 Å². The summed E-state index contributed by atoms with van der Waals surface area (Å²) >= 11 is 0. The van der Waals surface area contributed by atoms with E-state index in [-0.39, 0.29) is 0 Å². The van der Waals surface area contributed by atoms with Crippen LogP contribution in [0.2, 0.25) is 0 Å². The van der Waals surface area contributed by atoms with Crippen LogP contribution in [0.4, 0.5) is 0 Å². The van der Waals surface area contributed by atoms with Crippen molar-refractivity contribution >= 4 is 0 Å². The maximum absolute atomic E-state index is 5.21. The molecule has 1 aromatic carbocycles. The van der Waals surface area contributed by atoms with Gasteiger partial charge in [-0.15, -0.1) is 0 Å². The van der Waals surface area contributed by atoms with E-state index in [9.17, 15) is 0 Å². The van der Waals surface area contributed by atoms with Crippen LogP contribution < -0.4 is 5.73 Å². The van der Waals surface area contributed by atoms with Gasteiger partial charge in [0.05, 0.1) is 0 Å². The van der Waals surface area contributed by atoms with Crippen LogP contribution in [0.1, 0.15) is 12.0 Å². The molecule has 1 rings (SSSR count). The van der Waals surface area contributed by atoms with E-state index in [0.29, 0.717) is 0 Å². The van der Waals surface area contributed by atoms with Crippen LogP contribution in [0, 0.1) is 0 Å². The zero-order chi connectivity index (χ0) is 7.94. The molecule has 0 amide bonds. The van der Waals surface area contributed by atoms with E-state index in [1.54, 1.807) is 6.20 Å². The first kappa shape index (κ1) is 7.86. The fourth-order valence-corrected chi connectivity index (χ4v) is 0.991. The second kappa shape index (κ2) is 4.56. The van der Waals surface area contributed by atoms with Crippen LogP contribution in [0.25, 0.3) is 0 Å². The van der Waals surface area contributed by atoms with E-state index in [2.05, 4.69) is 24.3 Å². The van der Waals surface area contributed by atoms with Gasteiger partial charge in [-0.1, -0.05) is 36.4 Å². The lowest BCUT2D eigenvalue weighted by Gasteiger charge is -1.95. The Morgan fingerprint density at radius 2 is 1.91 bits per heavy atom. The Morgan fingerprint density at radius 1 is 1.18 bits per heavy atom. The van der Waals surface area contributed by atoms with Crippen LogP contribution in [0.3, 0.4) is 0 Å². The highest BCUT2D eigenvalue weighted by Gasteiger charge is 1.86. The fourth-order valence-electron chi connectivity index (χ4n) is 0.991. The third-order valence-electron chi connectivity index (χ3n) is 1.58. The number of nitrogens with two attached hydrogens (primary N) is 1. The van der Waals surface area contributed by atoms with Gasteiger partial charge in [-0.3, -0.25) is 0 Å². The van der Waals surface area contributed by atoms with Crippen LogP contribution in [-0.4, -0.2) is 0 Å². The number of rotatable bonds is 3. The molecule has 0 bridgehead atoms. The summed E-state index contributed by atoms with van der Waals surface area (Å²) in [6.07, 6.45) is 5.69. The molecule has 0 fully saturated rings. The van der Waals surface area contributed by atoms with Crippen LogP contribution in [0.15, 0.2) is 42.6 Å². The van der Waals surface area contributed by atoms with Gasteiger partial charge in [0.1, 0.15) is 0 Å². The smallest absolute Gasteiger partial charge is 0.0103 e. The quantitative estimate of drug-likeness (QED) is 0.696. The summed E-state index contributed by atoms with van der Waals surface area (Å²) in [6, 6.07) is 10.4. The molecule has 11 heavy (non-hydrogen) atoms. The molecule has 0 aliphatic heterocycles. The third kappa shape index (κ3) is 2.89. The topological polar surface area (TPSA) is 26.0 Å². The zero-order valence-corrected chi connectivity index (χ0v) is 6.53. The van der Waals surface area contributed by atoms with Gasteiger partial charge in [0, 0.05) is 0 Å². The SMILES string of the molecule is NC=CCCc1ccccc1. The summed E-state index contributed by atoms with van der Waals surface area (Å²) in [5, 5.41) is 0. The summed E-state index contributed by atoms with van der Waals surface area (Å²) in [6.45, 7) is 0. The molecule has 1 heteroatoms. The lowest BCUT2D eigenvalue weighted by molar-refractivity contribution is 0.998. The van der Waals surface area contributed by atoms with Gasteiger partial charge in [0.25, 0.3) is 0 Å². The maximum Gasteiger partial charge on any atom is -0.0103 e. The van der Waals surface area contributed by atoms with Gasteiger partial charge < -0.3 is 5.73 Å². The van der Waals surface area contributed by atoms with Crippen molar-refractivity contribution in [2.24, 2.45) is 5.73 Å². The first-order chi connectivity index (χ1) is 5.43. The molecule has 0 aliphatic rings. The first-order valence-electron chi connectivity index (χ1n) is 3.84. The molecule has 0 spiro atoms. The fraction of sp³-hybridized carbons (Fsp3) is 0.200. The van der Waals surface area contributed by atoms with Crippen molar-refractivity contribution in [3.8, 4) is 0 Å². The van der Waals surface area contributed by atoms with Crippen molar-refractivity contribution in [3.05, 3.63) is 48.2 Å². The van der Waals surface area contributed by atoms with E-state index in [0.717, 1.165) is 12.8 Å². The van der Waals surface area contributed by atoms with Gasteiger partial charge in [-0.2, -0.15) is 0 Å². The third-order valence-corrected chi connectivity index (χ3v) is 1.58. The molecule has 1 nitrogen and oxygen atoms in total. The highest BCUT2D eigenvalue weighted by Crippen LogP contribution is 2.01. The molecule has 0 atom stereocenters. The van der Waals surface area contributed by atoms with Gasteiger partial charge in [0.2, 0.25) is 0 Å². The Hall–Kier alpha value is -1.24. The molecule has 0 aromatic heterocycles. The van der Waals surface area contributed by atoms with Crippen LogP contribution >= 0.6 is 0 Å². The van der Waals surface area contributed by atoms with Crippen molar-refractivity contribution < 1.29 is 0 Å². The predicted octanol–water partition coefficient (Wildman–Crippen LogP) is 2.09. The van der Waals surface area contributed by atoms with E-state index in [1.165, 1.54) is 5.56 Å². The lowest BCUT2D eigenvalue weighted by atomic mass is 10.1. The average Bonchev–Trinajstić information content (AvgIpc) is 2.07. The van der Waals surface area contributed by atoms with Gasteiger partial charge in [-0.25, -0.2) is 0 Å². The van der Waals surface area contributed by atoms with Crippen molar-refractivity contribution in [2.45, 2.75) is 12.8 Å². The molecule has 0 unspecified atom stereocenters. The largest absolute Gasteiger partial charge is 0.405 e. The molecule has 0 radical (unpaired) electrons. The Morgan fingerprint density at radius 3 is 2.55 bits per heavy atom. The Balaban J connectivity index is 2.39. The molecule has 0 heterocycles. The number of aryl methyl sites for hydroxylation is 1. The minimum Gasteiger partial charge on any atom is -0.405 e. The highest BCUT2D eigenvalue weighted by molar-refractivity contribution is 5.15. The lowest BCUT2D eigenvalue weighted by Crippen LogP contribution is -1.82. The van der Waals surface area contributed by atoms with E-state index >= 15 is 0 Å². The summed E-state index contributed by atoms with van der Waals surface area (Å²) in [5.74, 6) is 0. The average molecular weight is 147 g/mol. The molecule has 0 saturated heterocycles.